The fourth-order valence-electron chi connectivity index (χ4n) is 2.63. The molecule has 2 aliphatic rings. The SMILES string of the molecule is C[C@@H]1CCCC2CC[C@H]2N1C. The Balaban J connectivity index is 2.03. The van der Waals surface area contributed by atoms with E-state index in [0.29, 0.717) is 0 Å². The van der Waals surface area contributed by atoms with Gasteiger partial charge in [0.25, 0.3) is 0 Å². The van der Waals surface area contributed by atoms with Gasteiger partial charge in [0.1, 0.15) is 0 Å². The average Bonchev–Trinajstić information content (AvgIpc) is 2.00. The molecule has 1 saturated heterocycles. The number of fused-ring (bicyclic) bond motifs is 1. The molecule has 0 spiro atoms. The van der Waals surface area contributed by atoms with Crippen LogP contribution in [0.1, 0.15) is 39.0 Å². The number of hydrogen-bond donors (Lipinski definition) is 0. The van der Waals surface area contributed by atoms with Crippen LogP contribution in [0.15, 0.2) is 0 Å². The zero-order chi connectivity index (χ0) is 7.84. The van der Waals surface area contributed by atoms with Crippen molar-refractivity contribution in [3.63, 3.8) is 0 Å². The molecular formula is C10H19N. The van der Waals surface area contributed by atoms with Crippen LogP contribution in [0.4, 0.5) is 0 Å². The Morgan fingerprint density at radius 1 is 1.09 bits per heavy atom. The summed E-state index contributed by atoms with van der Waals surface area (Å²) in [5.41, 5.74) is 0. The number of nitrogens with zero attached hydrogens (tertiary/aromatic N) is 1. The van der Waals surface area contributed by atoms with Crippen molar-refractivity contribution in [1.29, 1.82) is 0 Å². The third-order valence-electron chi connectivity index (χ3n) is 3.79. The Kier molecular flexibility index (Phi) is 1.92. The van der Waals surface area contributed by atoms with Gasteiger partial charge in [-0.1, -0.05) is 6.42 Å². The fraction of sp³-hybridized carbons (Fsp3) is 1.00. The van der Waals surface area contributed by atoms with Crippen LogP contribution in [0.2, 0.25) is 0 Å². The molecule has 0 bridgehead atoms. The van der Waals surface area contributed by atoms with Gasteiger partial charge < -0.3 is 4.90 Å². The highest BCUT2D eigenvalue weighted by Crippen LogP contribution is 2.39. The zero-order valence-corrected chi connectivity index (χ0v) is 7.71. The maximum Gasteiger partial charge on any atom is 0.0123 e. The molecule has 0 aromatic rings. The molecule has 3 atom stereocenters. The molecule has 0 amide bonds. The number of likely N-dealkylation sites (tertiary alicyclic amines) is 1. The maximum atomic E-state index is 2.61. The minimum absolute atomic E-state index is 0.838. The van der Waals surface area contributed by atoms with E-state index in [2.05, 4.69) is 18.9 Å². The summed E-state index contributed by atoms with van der Waals surface area (Å²) in [5, 5.41) is 0. The van der Waals surface area contributed by atoms with Crippen LogP contribution in [-0.2, 0) is 0 Å². The first kappa shape index (κ1) is 7.60. The van der Waals surface area contributed by atoms with Crippen LogP contribution in [0.3, 0.4) is 0 Å². The lowest BCUT2D eigenvalue weighted by atomic mass is 9.77. The molecule has 1 aliphatic heterocycles. The van der Waals surface area contributed by atoms with E-state index < -0.39 is 0 Å². The highest BCUT2D eigenvalue weighted by Gasteiger charge is 2.36. The Hall–Kier alpha value is -0.0400. The molecular weight excluding hydrogens is 134 g/mol. The van der Waals surface area contributed by atoms with Gasteiger partial charge in [0.2, 0.25) is 0 Å². The van der Waals surface area contributed by atoms with Gasteiger partial charge in [-0.25, -0.2) is 0 Å². The molecule has 1 saturated carbocycles. The Morgan fingerprint density at radius 3 is 2.55 bits per heavy atom. The van der Waals surface area contributed by atoms with Gasteiger partial charge in [-0.3, -0.25) is 0 Å². The van der Waals surface area contributed by atoms with Gasteiger partial charge in [0.05, 0.1) is 0 Å². The second-order valence-electron chi connectivity index (χ2n) is 4.35. The van der Waals surface area contributed by atoms with Gasteiger partial charge in [-0.15, -0.1) is 0 Å². The third kappa shape index (κ3) is 1.20. The predicted molar refractivity (Wildman–Crippen MR) is 47.6 cm³/mol. The molecule has 64 valence electrons. The topological polar surface area (TPSA) is 3.24 Å². The summed E-state index contributed by atoms with van der Waals surface area (Å²) in [6, 6.07) is 1.79. The first-order valence-corrected chi connectivity index (χ1v) is 5.01. The van der Waals surface area contributed by atoms with Crippen molar-refractivity contribution >= 4 is 0 Å². The average molecular weight is 153 g/mol. The normalized spacial score (nSPS) is 45.8. The summed E-state index contributed by atoms with van der Waals surface area (Å²) in [6.45, 7) is 2.38. The van der Waals surface area contributed by atoms with E-state index in [9.17, 15) is 0 Å². The van der Waals surface area contributed by atoms with Crippen molar-refractivity contribution in [1.82, 2.24) is 4.90 Å². The van der Waals surface area contributed by atoms with Crippen molar-refractivity contribution < 1.29 is 0 Å². The van der Waals surface area contributed by atoms with E-state index in [-0.39, 0.29) is 0 Å². The summed E-state index contributed by atoms with van der Waals surface area (Å²) in [6.07, 6.45) is 7.35. The van der Waals surface area contributed by atoms with Crippen LogP contribution in [-0.4, -0.2) is 24.0 Å². The monoisotopic (exact) mass is 153 g/mol. The summed E-state index contributed by atoms with van der Waals surface area (Å²) in [4.78, 5) is 2.61. The second kappa shape index (κ2) is 2.78. The number of rotatable bonds is 0. The Labute approximate surface area is 69.8 Å². The lowest BCUT2D eigenvalue weighted by molar-refractivity contribution is 0.0704. The molecule has 0 radical (unpaired) electrons. The number of hydrogen-bond acceptors (Lipinski definition) is 1. The molecule has 1 nitrogen and oxygen atoms in total. The van der Waals surface area contributed by atoms with E-state index in [0.717, 1.165) is 18.0 Å². The summed E-state index contributed by atoms with van der Waals surface area (Å²) in [7, 11) is 2.31. The van der Waals surface area contributed by atoms with E-state index in [4.69, 9.17) is 0 Å². The zero-order valence-electron chi connectivity index (χ0n) is 7.71. The fourth-order valence-corrected chi connectivity index (χ4v) is 2.63. The Morgan fingerprint density at radius 2 is 1.91 bits per heavy atom. The van der Waals surface area contributed by atoms with Gasteiger partial charge in [-0.05, 0) is 45.6 Å². The molecule has 11 heavy (non-hydrogen) atoms. The van der Waals surface area contributed by atoms with Gasteiger partial charge in [-0.2, -0.15) is 0 Å². The largest absolute Gasteiger partial charge is 0.300 e. The Bertz CT molecular complexity index is 138. The van der Waals surface area contributed by atoms with Gasteiger partial charge in [0.15, 0.2) is 0 Å². The molecule has 1 aliphatic carbocycles. The lowest BCUT2D eigenvalue weighted by Crippen LogP contribution is -2.46. The third-order valence-corrected chi connectivity index (χ3v) is 3.79. The van der Waals surface area contributed by atoms with Crippen molar-refractivity contribution in [2.24, 2.45) is 5.92 Å². The van der Waals surface area contributed by atoms with Crippen LogP contribution in [0.5, 0.6) is 0 Å². The van der Waals surface area contributed by atoms with E-state index in [1.54, 1.807) is 0 Å². The summed E-state index contributed by atoms with van der Waals surface area (Å²) in [5.74, 6) is 1.06. The molecule has 2 fully saturated rings. The van der Waals surface area contributed by atoms with Gasteiger partial charge >= 0.3 is 0 Å². The standard InChI is InChI=1S/C10H19N/c1-8-4-3-5-9-6-7-10(9)11(8)2/h8-10H,3-7H2,1-2H3/t8-,9?,10-/m1/s1. The first-order valence-electron chi connectivity index (χ1n) is 5.01. The molecule has 1 heteroatoms. The van der Waals surface area contributed by atoms with Crippen molar-refractivity contribution in [3.8, 4) is 0 Å². The minimum Gasteiger partial charge on any atom is -0.300 e. The highest BCUT2D eigenvalue weighted by molar-refractivity contribution is 4.91. The van der Waals surface area contributed by atoms with Crippen molar-refractivity contribution in [3.05, 3.63) is 0 Å². The van der Waals surface area contributed by atoms with E-state index >= 15 is 0 Å². The first-order chi connectivity index (χ1) is 5.29. The van der Waals surface area contributed by atoms with Crippen LogP contribution < -0.4 is 0 Å². The molecule has 0 aromatic heterocycles. The molecule has 1 unspecified atom stereocenters. The quantitative estimate of drug-likeness (QED) is 0.516. The maximum absolute atomic E-state index is 2.61. The van der Waals surface area contributed by atoms with Crippen LogP contribution in [0, 0.1) is 5.92 Å². The van der Waals surface area contributed by atoms with E-state index in [1.807, 2.05) is 0 Å². The highest BCUT2D eigenvalue weighted by atomic mass is 15.2. The van der Waals surface area contributed by atoms with E-state index in [1.165, 1.54) is 32.1 Å². The van der Waals surface area contributed by atoms with Crippen molar-refractivity contribution in [2.75, 3.05) is 7.05 Å². The van der Waals surface area contributed by atoms with Crippen LogP contribution >= 0.6 is 0 Å². The summed E-state index contributed by atoms with van der Waals surface area (Å²) >= 11 is 0. The second-order valence-corrected chi connectivity index (χ2v) is 4.35. The smallest absolute Gasteiger partial charge is 0.0123 e. The minimum atomic E-state index is 0.838. The molecule has 0 aromatic carbocycles. The molecule has 1 heterocycles. The molecule has 0 N–H and O–H groups in total. The lowest BCUT2D eigenvalue weighted by Gasteiger charge is -2.43. The van der Waals surface area contributed by atoms with Crippen LogP contribution in [0.25, 0.3) is 0 Å². The predicted octanol–water partition coefficient (Wildman–Crippen LogP) is 2.27. The summed E-state index contributed by atoms with van der Waals surface area (Å²) < 4.78 is 0. The van der Waals surface area contributed by atoms with Gasteiger partial charge in [0, 0.05) is 12.1 Å². The molecule has 2 rings (SSSR count). The van der Waals surface area contributed by atoms with Crippen molar-refractivity contribution in [2.45, 2.75) is 51.1 Å².